The predicted octanol–water partition coefficient (Wildman–Crippen LogP) is 2.39. The van der Waals surface area contributed by atoms with Crippen LogP contribution in [0, 0.1) is 11.8 Å². The van der Waals surface area contributed by atoms with E-state index in [2.05, 4.69) is 0 Å². The molecule has 0 amide bonds. The van der Waals surface area contributed by atoms with Gasteiger partial charge in [0.25, 0.3) is 5.92 Å². The fourth-order valence-electron chi connectivity index (χ4n) is 2.57. The number of aliphatic hydroxyl groups is 1. The smallest absolute Gasteiger partial charge is 0.286 e. The van der Waals surface area contributed by atoms with E-state index in [1.54, 1.807) is 0 Å². The minimum atomic E-state index is -3.30. The molecule has 0 spiro atoms. The lowest BCUT2D eigenvalue weighted by molar-refractivity contribution is -0.185. The molecular weight excluding hydrogens is 181 g/mol. The van der Waals surface area contributed by atoms with Crippen LogP contribution < -0.4 is 0 Å². The van der Waals surface area contributed by atoms with Crippen molar-refractivity contribution in [2.45, 2.75) is 38.3 Å². The van der Waals surface area contributed by atoms with E-state index < -0.39 is 30.0 Å². The van der Waals surface area contributed by atoms with Crippen molar-refractivity contribution in [3.63, 3.8) is 0 Å². The lowest BCUT2D eigenvalue weighted by Crippen LogP contribution is -2.51. The van der Waals surface area contributed by atoms with Crippen LogP contribution in [0.4, 0.5) is 13.2 Å². The molecular formula is C9H15F3O. The summed E-state index contributed by atoms with van der Waals surface area (Å²) < 4.78 is 39.8. The highest BCUT2D eigenvalue weighted by Crippen LogP contribution is 2.61. The summed E-state index contributed by atoms with van der Waals surface area (Å²) in [6, 6.07) is 0. The first-order chi connectivity index (χ1) is 5.52. The second-order valence-corrected chi connectivity index (χ2v) is 3.85. The van der Waals surface area contributed by atoms with Crippen LogP contribution in [0.1, 0.15) is 26.7 Å². The van der Waals surface area contributed by atoms with Crippen LogP contribution in [0.5, 0.6) is 0 Å². The summed E-state index contributed by atoms with van der Waals surface area (Å²) in [5, 5.41) is 8.63. The highest BCUT2D eigenvalue weighted by molar-refractivity contribution is 5.12. The average Bonchev–Trinajstić information content (AvgIpc) is 2.55. The Balaban J connectivity index is 0.000000845. The van der Waals surface area contributed by atoms with Crippen LogP contribution >= 0.6 is 0 Å². The largest absolute Gasteiger partial charge is 0.393 e. The molecule has 0 saturated heterocycles. The molecule has 0 aromatic carbocycles. The summed E-state index contributed by atoms with van der Waals surface area (Å²) in [6.45, 7) is -1.04. The second-order valence-electron chi connectivity index (χ2n) is 3.85. The number of aliphatic hydroxyl groups excluding tert-OH is 1. The first-order valence-electron chi connectivity index (χ1n) is 4.20. The Labute approximate surface area is 75.9 Å². The maximum atomic E-state index is 13.5. The van der Waals surface area contributed by atoms with Gasteiger partial charge in [0, 0.05) is 11.8 Å². The summed E-state index contributed by atoms with van der Waals surface area (Å²) in [7, 11) is 0. The molecule has 0 heterocycles. The van der Waals surface area contributed by atoms with Crippen molar-refractivity contribution in [3.05, 3.63) is 0 Å². The molecule has 3 atom stereocenters. The standard InChI is InChI=1S/C8H11F3O.CH4/c9-7(4-12)5-1-2-6(3-5)8(7,10)11;/h5-6,12H,1-4H2;1H4. The van der Waals surface area contributed by atoms with Crippen molar-refractivity contribution >= 4 is 0 Å². The zero-order chi connectivity index (χ0) is 8.98. The second kappa shape index (κ2) is 2.87. The predicted molar refractivity (Wildman–Crippen MR) is 43.4 cm³/mol. The summed E-state index contributed by atoms with van der Waals surface area (Å²) in [5.41, 5.74) is -2.63. The third-order valence-electron chi connectivity index (χ3n) is 3.38. The Morgan fingerprint density at radius 2 is 1.69 bits per heavy atom. The first kappa shape index (κ1) is 10.8. The fourth-order valence-corrected chi connectivity index (χ4v) is 2.57. The van der Waals surface area contributed by atoms with E-state index in [4.69, 9.17) is 5.11 Å². The van der Waals surface area contributed by atoms with Gasteiger partial charge in [-0.25, -0.2) is 13.2 Å². The third kappa shape index (κ3) is 1.04. The summed E-state index contributed by atoms with van der Waals surface area (Å²) in [4.78, 5) is 0. The molecule has 0 aromatic heterocycles. The molecule has 2 aliphatic carbocycles. The van der Waals surface area contributed by atoms with Crippen LogP contribution in [0.25, 0.3) is 0 Å². The van der Waals surface area contributed by atoms with E-state index in [1.165, 1.54) is 0 Å². The number of halogens is 3. The Morgan fingerprint density at radius 3 is 2.00 bits per heavy atom. The topological polar surface area (TPSA) is 20.2 Å². The van der Waals surface area contributed by atoms with Gasteiger partial charge in [0.05, 0.1) is 6.61 Å². The number of fused-ring (bicyclic) bond motifs is 2. The fraction of sp³-hybridized carbons (Fsp3) is 1.00. The quantitative estimate of drug-likeness (QED) is 0.682. The highest BCUT2D eigenvalue weighted by atomic mass is 19.3. The van der Waals surface area contributed by atoms with Crippen molar-refractivity contribution in [2.75, 3.05) is 6.61 Å². The third-order valence-corrected chi connectivity index (χ3v) is 3.38. The molecule has 1 N–H and O–H groups in total. The number of hydrogen-bond acceptors (Lipinski definition) is 1. The zero-order valence-corrected chi connectivity index (χ0v) is 6.56. The van der Waals surface area contributed by atoms with Crippen LogP contribution in [0.3, 0.4) is 0 Å². The van der Waals surface area contributed by atoms with Crippen molar-refractivity contribution in [1.82, 2.24) is 0 Å². The molecule has 0 aromatic rings. The molecule has 2 saturated carbocycles. The Kier molecular flexibility index (Phi) is 2.39. The normalized spacial score (nSPS) is 46.2. The van der Waals surface area contributed by atoms with Gasteiger partial charge in [-0.05, 0) is 19.3 Å². The highest BCUT2D eigenvalue weighted by Gasteiger charge is 2.71. The SMILES string of the molecule is C.OCC1(F)C2CCC(C2)C1(F)F. The lowest BCUT2D eigenvalue weighted by Gasteiger charge is -2.35. The van der Waals surface area contributed by atoms with E-state index in [-0.39, 0.29) is 13.8 Å². The minimum Gasteiger partial charge on any atom is -0.393 e. The van der Waals surface area contributed by atoms with E-state index in [1.807, 2.05) is 0 Å². The van der Waals surface area contributed by atoms with E-state index in [0.29, 0.717) is 12.8 Å². The first-order valence-corrected chi connectivity index (χ1v) is 4.20. The van der Waals surface area contributed by atoms with Crippen LogP contribution in [0.15, 0.2) is 0 Å². The van der Waals surface area contributed by atoms with E-state index in [0.717, 1.165) is 0 Å². The molecule has 78 valence electrons. The van der Waals surface area contributed by atoms with Gasteiger partial charge in [0.2, 0.25) is 0 Å². The van der Waals surface area contributed by atoms with Gasteiger partial charge in [-0.3, -0.25) is 0 Å². The van der Waals surface area contributed by atoms with Crippen LogP contribution in [0.2, 0.25) is 0 Å². The van der Waals surface area contributed by atoms with E-state index >= 15 is 0 Å². The van der Waals surface area contributed by atoms with Crippen LogP contribution in [-0.4, -0.2) is 23.3 Å². The van der Waals surface area contributed by atoms with Crippen molar-refractivity contribution in [1.29, 1.82) is 0 Å². The summed E-state index contributed by atoms with van der Waals surface area (Å²) >= 11 is 0. The molecule has 2 rings (SSSR count). The molecule has 2 fully saturated rings. The number of alkyl halides is 3. The molecule has 2 bridgehead atoms. The van der Waals surface area contributed by atoms with Crippen LogP contribution in [-0.2, 0) is 0 Å². The van der Waals surface area contributed by atoms with Gasteiger partial charge in [-0.2, -0.15) is 0 Å². The lowest BCUT2D eigenvalue weighted by atomic mass is 9.83. The minimum absolute atomic E-state index is 0. The van der Waals surface area contributed by atoms with Gasteiger partial charge >= 0.3 is 0 Å². The molecule has 1 nitrogen and oxygen atoms in total. The average molecular weight is 196 g/mol. The molecule has 0 radical (unpaired) electrons. The molecule has 13 heavy (non-hydrogen) atoms. The molecule has 0 aliphatic heterocycles. The molecule has 3 unspecified atom stereocenters. The summed E-state index contributed by atoms with van der Waals surface area (Å²) in [5.74, 6) is -4.76. The number of hydrogen-bond donors (Lipinski definition) is 1. The van der Waals surface area contributed by atoms with Crippen molar-refractivity contribution in [2.24, 2.45) is 11.8 Å². The number of rotatable bonds is 1. The monoisotopic (exact) mass is 196 g/mol. The Morgan fingerprint density at radius 1 is 1.15 bits per heavy atom. The van der Waals surface area contributed by atoms with Crippen molar-refractivity contribution in [3.8, 4) is 0 Å². The molecule has 2 aliphatic rings. The van der Waals surface area contributed by atoms with Gasteiger partial charge in [-0.1, -0.05) is 7.43 Å². The van der Waals surface area contributed by atoms with E-state index in [9.17, 15) is 13.2 Å². The van der Waals surface area contributed by atoms with Gasteiger partial charge < -0.3 is 5.11 Å². The van der Waals surface area contributed by atoms with Gasteiger partial charge in [-0.15, -0.1) is 0 Å². The zero-order valence-electron chi connectivity index (χ0n) is 6.56. The van der Waals surface area contributed by atoms with Crippen molar-refractivity contribution < 1.29 is 18.3 Å². The van der Waals surface area contributed by atoms with Gasteiger partial charge in [0.15, 0.2) is 5.67 Å². The maximum absolute atomic E-state index is 13.5. The summed E-state index contributed by atoms with van der Waals surface area (Å²) in [6.07, 6.45) is 1.14. The maximum Gasteiger partial charge on any atom is 0.286 e. The Bertz CT molecular complexity index is 207. The Hall–Kier alpha value is -0.250. The van der Waals surface area contributed by atoms with Gasteiger partial charge in [0.1, 0.15) is 0 Å². The molecule has 4 heteroatoms.